The minimum Gasteiger partial charge on any atom is -0.387 e. The largest absolute Gasteiger partial charge is 0.387 e. The van der Waals surface area contributed by atoms with Crippen LogP contribution in [-0.2, 0) is 4.79 Å². The minimum absolute atomic E-state index is 0.0495. The fourth-order valence-corrected chi connectivity index (χ4v) is 3.10. The second-order valence-electron chi connectivity index (χ2n) is 6.15. The Hall–Kier alpha value is -1.19. The molecule has 1 saturated carbocycles. The molecule has 0 bridgehead atoms. The van der Waals surface area contributed by atoms with Crippen LogP contribution >= 0.6 is 0 Å². The van der Waals surface area contributed by atoms with Gasteiger partial charge in [0.25, 0.3) is 0 Å². The van der Waals surface area contributed by atoms with Crippen molar-refractivity contribution < 1.29 is 9.90 Å². The summed E-state index contributed by atoms with van der Waals surface area (Å²) in [6, 6.07) is 9.60. The van der Waals surface area contributed by atoms with Gasteiger partial charge in [-0.1, -0.05) is 49.6 Å². The number of rotatable bonds is 7. The van der Waals surface area contributed by atoms with Crippen LogP contribution in [0, 0.1) is 5.92 Å². The summed E-state index contributed by atoms with van der Waals surface area (Å²) in [6.45, 7) is 2.61. The third-order valence-electron chi connectivity index (χ3n) is 4.51. The van der Waals surface area contributed by atoms with Gasteiger partial charge >= 0.3 is 0 Å². The Morgan fingerprint density at radius 2 is 1.90 bits per heavy atom. The smallest absolute Gasteiger partial charge is 0.137 e. The first-order valence-electron chi connectivity index (χ1n) is 8.17. The second-order valence-corrected chi connectivity index (χ2v) is 6.15. The zero-order valence-corrected chi connectivity index (χ0v) is 12.9. The van der Waals surface area contributed by atoms with Crippen molar-refractivity contribution in [1.82, 2.24) is 5.32 Å². The van der Waals surface area contributed by atoms with Crippen molar-refractivity contribution in [2.45, 2.75) is 57.6 Å². The molecule has 1 aliphatic carbocycles. The highest BCUT2D eigenvalue weighted by molar-refractivity contribution is 5.81. The van der Waals surface area contributed by atoms with Crippen molar-refractivity contribution in [3.05, 3.63) is 35.9 Å². The van der Waals surface area contributed by atoms with E-state index in [2.05, 4.69) is 5.32 Å². The van der Waals surface area contributed by atoms with Crippen molar-refractivity contribution >= 4 is 5.78 Å². The number of Topliss-reactive ketones (excluding diaryl/α,β-unsaturated/α-hetero) is 1. The first-order valence-corrected chi connectivity index (χ1v) is 8.17. The Morgan fingerprint density at radius 3 is 2.57 bits per heavy atom. The summed E-state index contributed by atoms with van der Waals surface area (Å²) >= 11 is 0. The molecular weight excluding hydrogens is 262 g/mol. The molecule has 1 aliphatic rings. The second kappa shape index (κ2) is 8.30. The van der Waals surface area contributed by atoms with Gasteiger partial charge in [0.2, 0.25) is 0 Å². The van der Waals surface area contributed by atoms with Crippen LogP contribution < -0.4 is 5.32 Å². The Labute approximate surface area is 127 Å². The topological polar surface area (TPSA) is 49.3 Å². The lowest BCUT2D eigenvalue weighted by Gasteiger charge is -2.22. The van der Waals surface area contributed by atoms with Gasteiger partial charge in [-0.25, -0.2) is 0 Å². The summed E-state index contributed by atoms with van der Waals surface area (Å²) in [5, 5.41) is 13.5. The van der Waals surface area contributed by atoms with Crippen molar-refractivity contribution in [3.8, 4) is 0 Å². The molecular formula is C18H27NO2. The quantitative estimate of drug-likeness (QED) is 0.810. The fourth-order valence-electron chi connectivity index (χ4n) is 3.10. The number of hydrogen-bond acceptors (Lipinski definition) is 3. The number of nitrogens with one attached hydrogen (secondary N) is 1. The van der Waals surface area contributed by atoms with Crippen LogP contribution in [0.3, 0.4) is 0 Å². The summed E-state index contributed by atoms with van der Waals surface area (Å²) in [5.41, 5.74) is 0.913. The van der Waals surface area contributed by atoms with E-state index < -0.39 is 6.10 Å². The van der Waals surface area contributed by atoms with Gasteiger partial charge in [0.15, 0.2) is 0 Å². The van der Waals surface area contributed by atoms with Gasteiger partial charge in [-0.3, -0.25) is 4.79 Å². The third-order valence-corrected chi connectivity index (χ3v) is 4.51. The van der Waals surface area contributed by atoms with Crippen molar-refractivity contribution in [2.75, 3.05) is 6.54 Å². The Morgan fingerprint density at radius 1 is 1.24 bits per heavy atom. The highest BCUT2D eigenvalue weighted by atomic mass is 16.3. The van der Waals surface area contributed by atoms with Gasteiger partial charge < -0.3 is 10.4 Å². The summed E-state index contributed by atoms with van der Waals surface area (Å²) in [4.78, 5) is 12.1. The maximum absolute atomic E-state index is 12.1. The van der Waals surface area contributed by atoms with Gasteiger partial charge in [-0.2, -0.15) is 0 Å². The maximum Gasteiger partial charge on any atom is 0.137 e. The van der Waals surface area contributed by atoms with Gasteiger partial charge in [0.05, 0.1) is 6.10 Å². The van der Waals surface area contributed by atoms with Crippen LogP contribution in [0.4, 0.5) is 0 Å². The van der Waals surface area contributed by atoms with Crippen LogP contribution in [0.1, 0.15) is 57.1 Å². The molecule has 2 N–H and O–H groups in total. The van der Waals surface area contributed by atoms with Crippen LogP contribution in [0.25, 0.3) is 0 Å². The lowest BCUT2D eigenvalue weighted by Crippen LogP contribution is -2.34. The number of ketones is 1. The summed E-state index contributed by atoms with van der Waals surface area (Å²) in [5.74, 6) is 0.679. The molecule has 116 valence electrons. The van der Waals surface area contributed by atoms with Crippen LogP contribution in [-0.4, -0.2) is 23.5 Å². The molecule has 2 atom stereocenters. The molecule has 1 aromatic rings. The first kappa shape index (κ1) is 16.2. The number of aliphatic hydroxyl groups is 1. The summed E-state index contributed by atoms with van der Waals surface area (Å²) in [6.07, 6.45) is 5.87. The van der Waals surface area contributed by atoms with Gasteiger partial charge in [0, 0.05) is 24.9 Å². The molecule has 1 aromatic carbocycles. The lowest BCUT2D eigenvalue weighted by atomic mass is 9.85. The van der Waals surface area contributed by atoms with Crippen molar-refractivity contribution in [3.63, 3.8) is 0 Å². The third kappa shape index (κ3) is 4.94. The monoisotopic (exact) mass is 289 g/mol. The van der Waals surface area contributed by atoms with E-state index >= 15 is 0 Å². The number of carbonyl (C=O) groups is 1. The van der Waals surface area contributed by atoms with E-state index in [9.17, 15) is 9.90 Å². The Bertz CT molecular complexity index is 426. The van der Waals surface area contributed by atoms with Crippen LogP contribution in [0.2, 0.25) is 0 Å². The van der Waals surface area contributed by atoms with Crippen LogP contribution in [0.15, 0.2) is 30.3 Å². The molecule has 0 aromatic heterocycles. The molecule has 1 fully saturated rings. The van der Waals surface area contributed by atoms with E-state index in [4.69, 9.17) is 0 Å². The predicted molar refractivity (Wildman–Crippen MR) is 85.1 cm³/mol. The number of aliphatic hydroxyl groups excluding tert-OH is 1. The Kier molecular flexibility index (Phi) is 6.40. The van der Waals surface area contributed by atoms with E-state index in [1.165, 1.54) is 19.3 Å². The van der Waals surface area contributed by atoms with Gasteiger partial charge in [-0.05, 0) is 25.3 Å². The average molecular weight is 289 g/mol. The molecule has 2 rings (SSSR count). The van der Waals surface area contributed by atoms with E-state index in [0.29, 0.717) is 18.7 Å². The number of carbonyl (C=O) groups excluding carboxylic acids is 1. The average Bonchev–Trinajstić information content (AvgIpc) is 2.55. The Balaban J connectivity index is 1.71. The number of hydrogen-bond donors (Lipinski definition) is 2. The van der Waals surface area contributed by atoms with Crippen LogP contribution in [0.5, 0.6) is 0 Å². The van der Waals surface area contributed by atoms with E-state index in [1.807, 2.05) is 37.3 Å². The molecule has 0 spiro atoms. The lowest BCUT2D eigenvalue weighted by molar-refractivity contribution is -0.123. The standard InChI is InChI=1S/C18H27NO2/c1-14(18(21)16-10-6-3-7-11-16)19-13-12-17(20)15-8-4-2-5-9-15/h3,6-7,10-11,14-15,18-19,21H,2,4-5,8-9,12-13H2,1H3/t14-,18?/m1/s1. The zero-order chi connectivity index (χ0) is 15.1. The molecule has 3 heteroatoms. The van der Waals surface area contributed by atoms with E-state index in [1.54, 1.807) is 0 Å². The molecule has 3 nitrogen and oxygen atoms in total. The maximum atomic E-state index is 12.1. The van der Waals surface area contributed by atoms with Crippen molar-refractivity contribution in [1.29, 1.82) is 0 Å². The van der Waals surface area contributed by atoms with Crippen molar-refractivity contribution in [2.24, 2.45) is 5.92 Å². The molecule has 0 aliphatic heterocycles. The first-order chi connectivity index (χ1) is 10.2. The normalized spacial score (nSPS) is 19.1. The van der Waals surface area contributed by atoms with Gasteiger partial charge in [0.1, 0.15) is 5.78 Å². The summed E-state index contributed by atoms with van der Waals surface area (Å²) < 4.78 is 0. The van der Waals surface area contributed by atoms with Gasteiger partial charge in [-0.15, -0.1) is 0 Å². The molecule has 0 heterocycles. The SMILES string of the molecule is C[C@@H](NCCC(=O)C1CCCCC1)C(O)c1ccccc1. The number of benzene rings is 1. The molecule has 0 amide bonds. The van der Waals surface area contributed by atoms with E-state index in [-0.39, 0.29) is 12.0 Å². The highest BCUT2D eigenvalue weighted by Gasteiger charge is 2.21. The molecule has 21 heavy (non-hydrogen) atoms. The molecule has 0 radical (unpaired) electrons. The highest BCUT2D eigenvalue weighted by Crippen LogP contribution is 2.25. The zero-order valence-electron chi connectivity index (χ0n) is 12.9. The predicted octanol–water partition coefficient (Wildman–Crippen LogP) is 3.24. The minimum atomic E-state index is -0.531. The molecule has 0 saturated heterocycles. The molecule has 1 unspecified atom stereocenters. The van der Waals surface area contributed by atoms with E-state index in [0.717, 1.165) is 18.4 Å². The summed E-state index contributed by atoms with van der Waals surface area (Å²) in [7, 11) is 0. The fraction of sp³-hybridized carbons (Fsp3) is 0.611.